The van der Waals surface area contributed by atoms with E-state index in [2.05, 4.69) is 9.97 Å². The van der Waals surface area contributed by atoms with Crippen LogP contribution in [0.15, 0.2) is 57.9 Å². The Bertz CT molecular complexity index is 1210. The zero-order valence-electron chi connectivity index (χ0n) is 15.0. The molecule has 27 heavy (non-hydrogen) atoms. The highest BCUT2D eigenvalue weighted by molar-refractivity contribution is 5.86. The third-order valence-corrected chi connectivity index (χ3v) is 4.47. The smallest absolute Gasteiger partial charge is 0.311 e. The predicted molar refractivity (Wildman–Crippen MR) is 102 cm³/mol. The Kier molecular flexibility index (Phi) is 4.24. The van der Waals surface area contributed by atoms with Crippen LogP contribution in [-0.4, -0.2) is 15.9 Å². The van der Waals surface area contributed by atoms with Gasteiger partial charge in [-0.3, -0.25) is 9.59 Å². The Morgan fingerprint density at radius 3 is 2.89 bits per heavy atom. The molecule has 0 aliphatic heterocycles. The summed E-state index contributed by atoms with van der Waals surface area (Å²) in [6, 6.07) is 12.9. The van der Waals surface area contributed by atoms with E-state index in [0.29, 0.717) is 16.7 Å². The van der Waals surface area contributed by atoms with Gasteiger partial charge in [-0.1, -0.05) is 24.3 Å². The van der Waals surface area contributed by atoms with E-state index >= 15 is 0 Å². The summed E-state index contributed by atoms with van der Waals surface area (Å²) in [6.45, 7) is 3.66. The van der Waals surface area contributed by atoms with Crippen LogP contribution >= 0.6 is 0 Å². The number of hydrogen-bond donors (Lipinski definition) is 1. The van der Waals surface area contributed by atoms with Crippen molar-refractivity contribution in [2.75, 3.05) is 0 Å². The van der Waals surface area contributed by atoms with Gasteiger partial charge in [-0.15, -0.1) is 0 Å². The van der Waals surface area contributed by atoms with Gasteiger partial charge in [-0.2, -0.15) is 0 Å². The third-order valence-electron chi connectivity index (χ3n) is 4.47. The van der Waals surface area contributed by atoms with E-state index in [1.54, 1.807) is 37.5 Å². The molecule has 6 nitrogen and oxygen atoms in total. The van der Waals surface area contributed by atoms with Crippen molar-refractivity contribution in [3.8, 4) is 0 Å². The second-order valence-electron chi connectivity index (χ2n) is 6.54. The molecule has 2 aromatic carbocycles. The summed E-state index contributed by atoms with van der Waals surface area (Å²) >= 11 is 0. The number of fused-ring (bicyclic) bond motifs is 2. The Morgan fingerprint density at radius 1 is 1.22 bits per heavy atom. The van der Waals surface area contributed by atoms with Crippen molar-refractivity contribution in [2.45, 2.75) is 26.4 Å². The van der Waals surface area contributed by atoms with Crippen molar-refractivity contribution in [3.05, 3.63) is 76.0 Å². The fourth-order valence-electron chi connectivity index (χ4n) is 3.07. The minimum atomic E-state index is -0.671. The summed E-state index contributed by atoms with van der Waals surface area (Å²) in [6.07, 6.45) is 0.986. The van der Waals surface area contributed by atoms with E-state index in [9.17, 15) is 9.59 Å². The van der Waals surface area contributed by atoms with Crippen molar-refractivity contribution in [1.29, 1.82) is 0 Å². The molecule has 136 valence electrons. The zero-order valence-corrected chi connectivity index (χ0v) is 15.0. The summed E-state index contributed by atoms with van der Waals surface area (Å²) in [5, 5.41) is 1.39. The molecule has 0 spiro atoms. The highest BCUT2D eigenvalue weighted by Crippen LogP contribution is 2.24. The number of hydrogen-bond acceptors (Lipinski definition) is 5. The molecular weight excluding hydrogens is 344 g/mol. The number of esters is 1. The highest BCUT2D eigenvalue weighted by atomic mass is 16.5. The molecule has 0 unspecified atom stereocenters. The van der Waals surface area contributed by atoms with Crippen molar-refractivity contribution >= 4 is 27.8 Å². The number of carbonyl (C=O) groups is 1. The number of para-hydroxylation sites is 1. The van der Waals surface area contributed by atoms with E-state index in [1.165, 1.54) is 0 Å². The molecule has 4 rings (SSSR count). The summed E-state index contributed by atoms with van der Waals surface area (Å²) in [7, 11) is 0. The first-order valence-electron chi connectivity index (χ1n) is 8.66. The van der Waals surface area contributed by atoms with Crippen LogP contribution in [0.25, 0.3) is 21.9 Å². The maximum absolute atomic E-state index is 12.4. The number of nitrogens with one attached hydrogen (secondary N) is 1. The van der Waals surface area contributed by atoms with E-state index in [4.69, 9.17) is 9.15 Å². The van der Waals surface area contributed by atoms with E-state index < -0.39 is 12.1 Å². The van der Waals surface area contributed by atoms with Gasteiger partial charge in [0.1, 0.15) is 5.58 Å². The lowest BCUT2D eigenvalue weighted by atomic mass is 10.1. The quantitative estimate of drug-likeness (QED) is 0.558. The van der Waals surface area contributed by atoms with Crippen LogP contribution in [-0.2, 0) is 16.0 Å². The maximum atomic E-state index is 12.4. The van der Waals surface area contributed by atoms with Crippen molar-refractivity contribution in [2.24, 2.45) is 0 Å². The molecule has 0 fully saturated rings. The summed E-state index contributed by atoms with van der Waals surface area (Å²) in [5.74, 6) is -0.0960. The van der Waals surface area contributed by atoms with Gasteiger partial charge in [0.2, 0.25) is 0 Å². The standard InChI is InChI=1S/C21H18N2O4/c1-12-7-8-15-14(11-26-18(15)9-12)10-19(24)27-13(2)20-22-17-6-4-3-5-16(17)21(25)23-20/h3-9,11,13H,10H2,1-2H3,(H,22,23,25)/t13-/m1/s1. The SMILES string of the molecule is Cc1ccc2c(CC(=O)O[C@H](C)c3nc4ccccc4c(=O)[nH]3)coc2c1. The lowest BCUT2D eigenvalue weighted by Crippen LogP contribution is -2.18. The third kappa shape index (κ3) is 3.33. The van der Waals surface area contributed by atoms with Crippen LogP contribution in [0.5, 0.6) is 0 Å². The van der Waals surface area contributed by atoms with E-state index in [0.717, 1.165) is 22.1 Å². The highest BCUT2D eigenvalue weighted by Gasteiger charge is 2.17. The van der Waals surface area contributed by atoms with Gasteiger partial charge < -0.3 is 14.1 Å². The first-order valence-corrected chi connectivity index (χ1v) is 8.66. The average molecular weight is 362 g/mol. The van der Waals surface area contributed by atoms with Gasteiger partial charge in [0.05, 0.1) is 23.6 Å². The lowest BCUT2D eigenvalue weighted by Gasteiger charge is -2.13. The number of furan rings is 1. The van der Waals surface area contributed by atoms with Crippen molar-refractivity contribution < 1.29 is 13.9 Å². The molecule has 6 heteroatoms. The first-order chi connectivity index (χ1) is 13.0. The van der Waals surface area contributed by atoms with E-state index in [-0.39, 0.29) is 12.0 Å². The normalized spacial score (nSPS) is 12.4. The molecule has 0 amide bonds. The largest absolute Gasteiger partial charge is 0.464 e. The fourth-order valence-corrected chi connectivity index (χ4v) is 3.07. The number of H-pyrrole nitrogens is 1. The van der Waals surface area contributed by atoms with E-state index in [1.807, 2.05) is 25.1 Å². The Morgan fingerprint density at radius 2 is 2.04 bits per heavy atom. The number of aromatic amines is 1. The number of aryl methyl sites for hydroxylation is 1. The Labute approximate surface area is 154 Å². The number of carbonyl (C=O) groups excluding carboxylic acids is 1. The molecule has 1 atom stereocenters. The lowest BCUT2D eigenvalue weighted by molar-refractivity contribution is -0.148. The van der Waals surface area contributed by atoms with Crippen LogP contribution in [0.3, 0.4) is 0 Å². The van der Waals surface area contributed by atoms with Gasteiger partial charge >= 0.3 is 5.97 Å². The Balaban J connectivity index is 1.53. The monoisotopic (exact) mass is 362 g/mol. The minimum absolute atomic E-state index is 0.0816. The van der Waals surface area contributed by atoms with Gasteiger partial charge in [-0.05, 0) is 37.6 Å². The number of nitrogens with zero attached hydrogens (tertiary/aromatic N) is 1. The summed E-state index contributed by atoms with van der Waals surface area (Å²) < 4.78 is 11.0. The molecule has 2 aromatic heterocycles. The van der Waals surface area contributed by atoms with Gasteiger partial charge in [0.15, 0.2) is 11.9 Å². The molecule has 0 aliphatic rings. The Hall–Kier alpha value is -3.41. The van der Waals surface area contributed by atoms with Crippen LogP contribution in [0, 0.1) is 6.92 Å². The van der Waals surface area contributed by atoms with Crippen LogP contribution in [0.2, 0.25) is 0 Å². The predicted octanol–water partition coefficient (Wildman–Crippen LogP) is 3.82. The van der Waals surface area contributed by atoms with Crippen molar-refractivity contribution in [1.82, 2.24) is 9.97 Å². The second kappa shape index (κ2) is 6.72. The van der Waals surface area contributed by atoms with Gasteiger partial charge in [0, 0.05) is 10.9 Å². The number of rotatable bonds is 4. The molecule has 0 saturated carbocycles. The molecule has 0 radical (unpaired) electrons. The van der Waals surface area contributed by atoms with Crippen molar-refractivity contribution in [3.63, 3.8) is 0 Å². The molecule has 0 saturated heterocycles. The van der Waals surface area contributed by atoms with Crippen LogP contribution in [0.1, 0.15) is 30.0 Å². The summed E-state index contributed by atoms with van der Waals surface area (Å²) in [5.41, 5.74) is 2.91. The first kappa shape index (κ1) is 17.0. The number of ether oxygens (including phenoxy) is 1. The fraction of sp³-hybridized carbons (Fsp3) is 0.190. The van der Waals surface area contributed by atoms with Crippen LogP contribution < -0.4 is 5.56 Å². The zero-order chi connectivity index (χ0) is 19.0. The topological polar surface area (TPSA) is 85.2 Å². The number of benzene rings is 2. The molecule has 0 bridgehead atoms. The molecule has 0 aliphatic carbocycles. The molecular formula is C21H18N2O4. The van der Waals surface area contributed by atoms with Crippen LogP contribution in [0.4, 0.5) is 0 Å². The van der Waals surface area contributed by atoms with Gasteiger partial charge in [-0.25, -0.2) is 4.98 Å². The molecule has 1 N–H and O–H groups in total. The average Bonchev–Trinajstić information content (AvgIpc) is 3.03. The second-order valence-corrected chi connectivity index (χ2v) is 6.54. The maximum Gasteiger partial charge on any atom is 0.311 e. The summed E-state index contributed by atoms with van der Waals surface area (Å²) in [4.78, 5) is 31.6. The number of aromatic nitrogens is 2. The molecule has 2 heterocycles. The van der Waals surface area contributed by atoms with Gasteiger partial charge in [0.25, 0.3) is 5.56 Å². The minimum Gasteiger partial charge on any atom is -0.464 e. The molecule has 4 aromatic rings.